The third kappa shape index (κ3) is 1.84. The summed E-state index contributed by atoms with van der Waals surface area (Å²) in [6.45, 7) is 6.85. The van der Waals surface area contributed by atoms with Gasteiger partial charge in [-0.2, -0.15) is 0 Å². The molecule has 1 aliphatic rings. The molecule has 0 spiro atoms. The zero-order valence-corrected chi connectivity index (χ0v) is 7.01. The van der Waals surface area contributed by atoms with E-state index < -0.39 is 0 Å². The molecule has 0 aromatic heterocycles. The Kier molecular flexibility index (Phi) is 2.94. The highest BCUT2D eigenvalue weighted by atomic mass is 15.2. The van der Waals surface area contributed by atoms with Crippen LogP contribution < -0.4 is 0 Å². The minimum Gasteiger partial charge on any atom is -0.297 e. The van der Waals surface area contributed by atoms with Crippen molar-refractivity contribution in [1.29, 1.82) is 0 Å². The zero-order valence-electron chi connectivity index (χ0n) is 7.01. The fourth-order valence-electron chi connectivity index (χ4n) is 1.50. The van der Waals surface area contributed by atoms with E-state index >= 15 is 0 Å². The molecule has 1 aliphatic heterocycles. The van der Waals surface area contributed by atoms with E-state index in [0.717, 1.165) is 12.6 Å². The SMILES string of the molecule is CC=CCN1CCCC1C. The first-order chi connectivity index (χ1) is 4.84. The Balaban J connectivity index is 2.26. The summed E-state index contributed by atoms with van der Waals surface area (Å²) in [5.41, 5.74) is 0. The van der Waals surface area contributed by atoms with Crippen LogP contribution in [0.5, 0.6) is 0 Å². The van der Waals surface area contributed by atoms with E-state index in [1.54, 1.807) is 0 Å². The van der Waals surface area contributed by atoms with Gasteiger partial charge in [-0.05, 0) is 33.2 Å². The van der Waals surface area contributed by atoms with Crippen LogP contribution in [0.2, 0.25) is 0 Å². The molecule has 1 atom stereocenters. The van der Waals surface area contributed by atoms with Gasteiger partial charge in [0.25, 0.3) is 0 Å². The van der Waals surface area contributed by atoms with Crippen LogP contribution >= 0.6 is 0 Å². The van der Waals surface area contributed by atoms with Gasteiger partial charge in [0, 0.05) is 12.6 Å². The lowest BCUT2D eigenvalue weighted by Gasteiger charge is -2.18. The summed E-state index contributed by atoms with van der Waals surface area (Å²) in [5, 5.41) is 0. The normalized spacial score (nSPS) is 28.4. The summed E-state index contributed by atoms with van der Waals surface area (Å²) in [7, 11) is 0. The molecule has 0 aromatic rings. The van der Waals surface area contributed by atoms with E-state index in [9.17, 15) is 0 Å². The second kappa shape index (κ2) is 3.77. The molecule has 0 aromatic carbocycles. The van der Waals surface area contributed by atoms with Crippen molar-refractivity contribution in [1.82, 2.24) is 4.90 Å². The molecule has 58 valence electrons. The average molecular weight is 139 g/mol. The molecule has 0 amide bonds. The van der Waals surface area contributed by atoms with E-state index in [4.69, 9.17) is 0 Å². The standard InChI is InChI=1S/C9H17N/c1-3-4-7-10-8-5-6-9(10)2/h3-4,9H,5-8H2,1-2H3. The van der Waals surface area contributed by atoms with E-state index in [-0.39, 0.29) is 0 Å². The number of rotatable bonds is 2. The van der Waals surface area contributed by atoms with E-state index in [2.05, 4.69) is 30.9 Å². The highest BCUT2D eigenvalue weighted by Crippen LogP contribution is 2.15. The lowest BCUT2D eigenvalue weighted by atomic mass is 10.2. The van der Waals surface area contributed by atoms with Crippen LogP contribution in [0.3, 0.4) is 0 Å². The largest absolute Gasteiger partial charge is 0.297 e. The molecule has 0 aliphatic carbocycles. The van der Waals surface area contributed by atoms with Gasteiger partial charge in [0.2, 0.25) is 0 Å². The second-order valence-electron chi connectivity index (χ2n) is 3.06. The van der Waals surface area contributed by atoms with Gasteiger partial charge in [0.1, 0.15) is 0 Å². The van der Waals surface area contributed by atoms with Crippen molar-refractivity contribution in [2.45, 2.75) is 32.7 Å². The lowest BCUT2D eigenvalue weighted by Crippen LogP contribution is -2.26. The van der Waals surface area contributed by atoms with Gasteiger partial charge in [-0.3, -0.25) is 4.90 Å². The quantitative estimate of drug-likeness (QED) is 0.529. The Bertz CT molecular complexity index is 118. The maximum atomic E-state index is 2.53. The highest BCUT2D eigenvalue weighted by Gasteiger charge is 2.17. The molecule has 1 rings (SSSR count). The van der Waals surface area contributed by atoms with Gasteiger partial charge in [0.05, 0.1) is 0 Å². The summed E-state index contributed by atoms with van der Waals surface area (Å²) < 4.78 is 0. The molecule has 10 heavy (non-hydrogen) atoms. The maximum Gasteiger partial charge on any atom is 0.0165 e. The predicted molar refractivity (Wildman–Crippen MR) is 45.1 cm³/mol. The number of hydrogen-bond acceptors (Lipinski definition) is 1. The molecule has 0 N–H and O–H groups in total. The summed E-state index contributed by atoms with van der Waals surface area (Å²) in [4.78, 5) is 2.53. The van der Waals surface area contributed by atoms with Crippen molar-refractivity contribution < 1.29 is 0 Å². The van der Waals surface area contributed by atoms with Crippen molar-refractivity contribution in [2.75, 3.05) is 13.1 Å². The third-order valence-corrected chi connectivity index (χ3v) is 2.27. The van der Waals surface area contributed by atoms with Crippen molar-refractivity contribution in [3.05, 3.63) is 12.2 Å². The van der Waals surface area contributed by atoms with Gasteiger partial charge in [-0.15, -0.1) is 0 Å². The van der Waals surface area contributed by atoms with E-state index in [1.165, 1.54) is 19.4 Å². The Labute approximate surface area is 63.7 Å². The molecule has 0 saturated carbocycles. The van der Waals surface area contributed by atoms with Crippen LogP contribution in [0.25, 0.3) is 0 Å². The monoisotopic (exact) mass is 139 g/mol. The molecule has 1 saturated heterocycles. The molecule has 1 heteroatoms. The molecular formula is C9H17N. The molecule has 1 nitrogen and oxygen atoms in total. The second-order valence-corrected chi connectivity index (χ2v) is 3.06. The first-order valence-corrected chi connectivity index (χ1v) is 4.20. The Morgan fingerprint density at radius 2 is 2.40 bits per heavy atom. The fraction of sp³-hybridized carbons (Fsp3) is 0.778. The first-order valence-electron chi connectivity index (χ1n) is 4.20. The zero-order chi connectivity index (χ0) is 7.40. The third-order valence-electron chi connectivity index (χ3n) is 2.27. The minimum atomic E-state index is 0.816. The molecule has 1 fully saturated rings. The Morgan fingerprint density at radius 3 is 2.90 bits per heavy atom. The molecule has 1 unspecified atom stereocenters. The number of hydrogen-bond donors (Lipinski definition) is 0. The Morgan fingerprint density at radius 1 is 1.60 bits per heavy atom. The molecule has 0 bridgehead atoms. The van der Waals surface area contributed by atoms with Crippen LogP contribution in [0.4, 0.5) is 0 Å². The first kappa shape index (κ1) is 7.80. The molecule has 1 heterocycles. The van der Waals surface area contributed by atoms with E-state index in [1.807, 2.05) is 0 Å². The summed E-state index contributed by atoms with van der Waals surface area (Å²) >= 11 is 0. The van der Waals surface area contributed by atoms with E-state index in [0.29, 0.717) is 0 Å². The smallest absolute Gasteiger partial charge is 0.0165 e. The fourth-order valence-corrected chi connectivity index (χ4v) is 1.50. The minimum absolute atomic E-state index is 0.816. The maximum absolute atomic E-state index is 2.53. The van der Waals surface area contributed by atoms with Crippen LogP contribution in [0, 0.1) is 0 Å². The number of likely N-dealkylation sites (tertiary alicyclic amines) is 1. The van der Waals surface area contributed by atoms with Gasteiger partial charge < -0.3 is 0 Å². The molecule has 0 radical (unpaired) electrons. The summed E-state index contributed by atoms with van der Waals surface area (Å²) in [5.74, 6) is 0. The van der Waals surface area contributed by atoms with Crippen LogP contribution in [-0.2, 0) is 0 Å². The lowest BCUT2D eigenvalue weighted by molar-refractivity contribution is 0.298. The highest BCUT2D eigenvalue weighted by molar-refractivity contribution is 4.85. The van der Waals surface area contributed by atoms with Crippen molar-refractivity contribution in [3.63, 3.8) is 0 Å². The van der Waals surface area contributed by atoms with Gasteiger partial charge in [-0.25, -0.2) is 0 Å². The van der Waals surface area contributed by atoms with Gasteiger partial charge in [-0.1, -0.05) is 12.2 Å². The van der Waals surface area contributed by atoms with Gasteiger partial charge >= 0.3 is 0 Å². The van der Waals surface area contributed by atoms with Crippen molar-refractivity contribution >= 4 is 0 Å². The van der Waals surface area contributed by atoms with Crippen molar-refractivity contribution in [3.8, 4) is 0 Å². The predicted octanol–water partition coefficient (Wildman–Crippen LogP) is 2.05. The molecular weight excluding hydrogens is 122 g/mol. The number of nitrogens with zero attached hydrogens (tertiary/aromatic N) is 1. The van der Waals surface area contributed by atoms with Crippen LogP contribution in [0.15, 0.2) is 12.2 Å². The summed E-state index contributed by atoms with van der Waals surface area (Å²) in [6.07, 6.45) is 7.14. The number of allylic oxidation sites excluding steroid dienone is 1. The topological polar surface area (TPSA) is 3.24 Å². The van der Waals surface area contributed by atoms with Crippen LogP contribution in [-0.4, -0.2) is 24.0 Å². The summed E-state index contributed by atoms with van der Waals surface area (Å²) in [6, 6.07) is 0.816. The Hall–Kier alpha value is -0.300. The average Bonchev–Trinajstić information content (AvgIpc) is 2.31. The van der Waals surface area contributed by atoms with Crippen molar-refractivity contribution in [2.24, 2.45) is 0 Å². The van der Waals surface area contributed by atoms with Crippen LogP contribution in [0.1, 0.15) is 26.7 Å². The van der Waals surface area contributed by atoms with Gasteiger partial charge in [0.15, 0.2) is 0 Å².